The monoisotopic (exact) mass is 318 g/mol. The number of benzene rings is 1. The van der Waals surface area contributed by atoms with Crippen molar-refractivity contribution >= 4 is 17.3 Å². The molecule has 2 aromatic rings. The standard InChI is InChI=1S/C17H22N2O2S/c1-12-8-13(2)10-14(9-12)11-15(16-4-3-7-21-16)19-17(22)18-5-6-20/h3-4,7-10,15,20H,5-6,11H2,1-2H3,(H2,18,19,22). The number of aliphatic hydroxyl groups is 1. The van der Waals surface area contributed by atoms with Gasteiger partial charge < -0.3 is 20.2 Å². The van der Waals surface area contributed by atoms with Crippen molar-refractivity contribution in [2.45, 2.75) is 26.3 Å². The predicted octanol–water partition coefficient (Wildman–Crippen LogP) is 2.64. The fourth-order valence-corrected chi connectivity index (χ4v) is 2.76. The molecule has 0 aliphatic carbocycles. The predicted molar refractivity (Wildman–Crippen MR) is 91.9 cm³/mol. The minimum Gasteiger partial charge on any atom is -0.467 e. The van der Waals surface area contributed by atoms with Crippen LogP contribution in [-0.4, -0.2) is 23.4 Å². The Morgan fingerprint density at radius 1 is 1.27 bits per heavy atom. The molecule has 1 atom stereocenters. The van der Waals surface area contributed by atoms with Crippen molar-refractivity contribution in [3.63, 3.8) is 0 Å². The molecule has 0 saturated heterocycles. The first-order chi connectivity index (χ1) is 10.6. The third-order valence-electron chi connectivity index (χ3n) is 3.31. The van der Waals surface area contributed by atoms with Gasteiger partial charge in [-0.05, 0) is 50.2 Å². The Balaban J connectivity index is 2.12. The summed E-state index contributed by atoms with van der Waals surface area (Å²) >= 11 is 5.26. The van der Waals surface area contributed by atoms with Gasteiger partial charge in [0.2, 0.25) is 0 Å². The molecule has 0 spiro atoms. The maximum absolute atomic E-state index is 8.86. The summed E-state index contributed by atoms with van der Waals surface area (Å²) in [5.74, 6) is 0.840. The molecule has 1 heterocycles. The molecule has 4 nitrogen and oxygen atoms in total. The number of rotatable bonds is 6. The fourth-order valence-electron chi connectivity index (χ4n) is 2.51. The maximum atomic E-state index is 8.86. The van der Waals surface area contributed by atoms with Gasteiger partial charge in [0, 0.05) is 6.54 Å². The Bertz CT molecular complexity index is 591. The lowest BCUT2D eigenvalue weighted by atomic mass is 10.00. The molecule has 0 aliphatic heterocycles. The third kappa shape index (κ3) is 4.86. The molecule has 5 heteroatoms. The highest BCUT2D eigenvalue weighted by Crippen LogP contribution is 2.20. The van der Waals surface area contributed by atoms with E-state index in [1.807, 2.05) is 12.1 Å². The zero-order valence-corrected chi connectivity index (χ0v) is 13.7. The van der Waals surface area contributed by atoms with Crippen molar-refractivity contribution in [1.29, 1.82) is 0 Å². The van der Waals surface area contributed by atoms with E-state index in [0.29, 0.717) is 11.7 Å². The van der Waals surface area contributed by atoms with Gasteiger partial charge >= 0.3 is 0 Å². The SMILES string of the molecule is Cc1cc(C)cc(CC(NC(=S)NCCO)c2ccco2)c1. The first-order valence-corrected chi connectivity index (χ1v) is 7.75. The summed E-state index contributed by atoms with van der Waals surface area (Å²) in [5, 5.41) is 15.6. The molecule has 0 radical (unpaired) electrons. The average Bonchev–Trinajstić information content (AvgIpc) is 2.97. The molecule has 1 unspecified atom stereocenters. The number of aliphatic hydroxyl groups excluding tert-OH is 1. The van der Waals surface area contributed by atoms with E-state index in [1.54, 1.807) is 6.26 Å². The van der Waals surface area contributed by atoms with Crippen LogP contribution in [0, 0.1) is 13.8 Å². The van der Waals surface area contributed by atoms with Crippen LogP contribution in [0.15, 0.2) is 41.0 Å². The molecule has 0 fully saturated rings. The van der Waals surface area contributed by atoms with Crippen molar-refractivity contribution in [2.75, 3.05) is 13.2 Å². The minimum absolute atomic E-state index is 0.0459. The zero-order chi connectivity index (χ0) is 15.9. The van der Waals surface area contributed by atoms with Gasteiger partial charge in [-0.3, -0.25) is 0 Å². The number of hydrogen-bond donors (Lipinski definition) is 3. The van der Waals surface area contributed by atoms with Crippen LogP contribution >= 0.6 is 12.2 Å². The van der Waals surface area contributed by atoms with Gasteiger partial charge in [-0.1, -0.05) is 29.3 Å². The van der Waals surface area contributed by atoms with Gasteiger partial charge in [-0.25, -0.2) is 0 Å². The van der Waals surface area contributed by atoms with Crippen LogP contribution in [0.3, 0.4) is 0 Å². The first-order valence-electron chi connectivity index (χ1n) is 7.34. The highest BCUT2D eigenvalue weighted by atomic mass is 32.1. The van der Waals surface area contributed by atoms with Crippen molar-refractivity contribution in [3.05, 3.63) is 59.0 Å². The summed E-state index contributed by atoms with van der Waals surface area (Å²) in [6.07, 6.45) is 2.44. The highest BCUT2D eigenvalue weighted by Gasteiger charge is 2.16. The van der Waals surface area contributed by atoms with Crippen LogP contribution in [0.5, 0.6) is 0 Å². The lowest BCUT2D eigenvalue weighted by Gasteiger charge is -2.19. The number of hydrogen-bond acceptors (Lipinski definition) is 3. The highest BCUT2D eigenvalue weighted by molar-refractivity contribution is 7.80. The van der Waals surface area contributed by atoms with E-state index in [-0.39, 0.29) is 12.6 Å². The van der Waals surface area contributed by atoms with Crippen LogP contribution < -0.4 is 10.6 Å². The van der Waals surface area contributed by atoms with E-state index in [4.69, 9.17) is 21.7 Å². The van der Waals surface area contributed by atoms with Crippen LogP contribution in [0.25, 0.3) is 0 Å². The van der Waals surface area contributed by atoms with E-state index in [0.717, 1.165) is 12.2 Å². The van der Waals surface area contributed by atoms with Gasteiger partial charge in [0.05, 0.1) is 18.9 Å². The molecule has 0 aliphatic rings. The Hall–Kier alpha value is -1.85. The normalized spacial score (nSPS) is 12.0. The molecule has 1 aromatic carbocycles. The van der Waals surface area contributed by atoms with Crippen molar-refractivity contribution in [3.8, 4) is 0 Å². The van der Waals surface area contributed by atoms with Crippen molar-refractivity contribution < 1.29 is 9.52 Å². The molecule has 0 saturated carbocycles. The van der Waals surface area contributed by atoms with E-state index in [2.05, 4.69) is 42.7 Å². The number of furan rings is 1. The topological polar surface area (TPSA) is 57.4 Å². The van der Waals surface area contributed by atoms with Gasteiger partial charge in [-0.15, -0.1) is 0 Å². The summed E-state index contributed by atoms with van der Waals surface area (Å²) in [4.78, 5) is 0. The Morgan fingerprint density at radius 2 is 2.00 bits per heavy atom. The lowest BCUT2D eigenvalue weighted by molar-refractivity contribution is 0.300. The second-order valence-electron chi connectivity index (χ2n) is 5.39. The maximum Gasteiger partial charge on any atom is 0.166 e. The molecule has 3 N–H and O–H groups in total. The summed E-state index contributed by atoms with van der Waals surface area (Å²) in [7, 11) is 0. The Kier molecular flexibility index (Phi) is 5.98. The number of thiocarbonyl (C=S) groups is 1. The van der Waals surface area contributed by atoms with Gasteiger partial charge in [0.1, 0.15) is 5.76 Å². The largest absolute Gasteiger partial charge is 0.467 e. The molecular formula is C17H22N2O2S. The second-order valence-corrected chi connectivity index (χ2v) is 5.80. The van der Waals surface area contributed by atoms with Crippen LogP contribution in [0.2, 0.25) is 0 Å². The van der Waals surface area contributed by atoms with Crippen molar-refractivity contribution in [2.24, 2.45) is 0 Å². The minimum atomic E-state index is -0.0464. The summed E-state index contributed by atoms with van der Waals surface area (Å²) in [6.45, 7) is 4.67. The number of aryl methyl sites for hydroxylation is 2. The van der Waals surface area contributed by atoms with Crippen LogP contribution in [-0.2, 0) is 6.42 Å². The van der Waals surface area contributed by atoms with Gasteiger partial charge in [0.15, 0.2) is 5.11 Å². The van der Waals surface area contributed by atoms with E-state index >= 15 is 0 Å². The summed E-state index contributed by atoms with van der Waals surface area (Å²) in [6, 6.07) is 10.3. The molecule has 0 bridgehead atoms. The zero-order valence-electron chi connectivity index (χ0n) is 12.9. The summed E-state index contributed by atoms with van der Waals surface area (Å²) < 4.78 is 5.53. The van der Waals surface area contributed by atoms with E-state index in [1.165, 1.54) is 16.7 Å². The van der Waals surface area contributed by atoms with E-state index in [9.17, 15) is 0 Å². The molecule has 118 valence electrons. The summed E-state index contributed by atoms with van der Waals surface area (Å²) in [5.41, 5.74) is 3.72. The fraction of sp³-hybridized carbons (Fsp3) is 0.353. The average molecular weight is 318 g/mol. The first kappa shape index (κ1) is 16.5. The molecule has 1 aromatic heterocycles. The molecular weight excluding hydrogens is 296 g/mol. The third-order valence-corrected chi connectivity index (χ3v) is 3.57. The molecule has 0 amide bonds. The van der Waals surface area contributed by atoms with Crippen LogP contribution in [0.4, 0.5) is 0 Å². The quantitative estimate of drug-likeness (QED) is 0.715. The van der Waals surface area contributed by atoms with Gasteiger partial charge in [-0.2, -0.15) is 0 Å². The number of nitrogens with one attached hydrogen (secondary N) is 2. The van der Waals surface area contributed by atoms with Gasteiger partial charge in [0.25, 0.3) is 0 Å². The molecule has 22 heavy (non-hydrogen) atoms. The smallest absolute Gasteiger partial charge is 0.166 e. The Morgan fingerprint density at radius 3 is 2.59 bits per heavy atom. The Labute approximate surface area is 136 Å². The second kappa shape index (κ2) is 7.96. The lowest BCUT2D eigenvalue weighted by Crippen LogP contribution is -2.39. The van der Waals surface area contributed by atoms with Crippen LogP contribution in [0.1, 0.15) is 28.5 Å². The van der Waals surface area contributed by atoms with E-state index < -0.39 is 0 Å². The van der Waals surface area contributed by atoms with Crippen molar-refractivity contribution in [1.82, 2.24) is 10.6 Å². The molecule has 2 rings (SSSR count).